The summed E-state index contributed by atoms with van der Waals surface area (Å²) < 4.78 is 31.5. The minimum Gasteiger partial charge on any atom is -0.478 e. The highest BCUT2D eigenvalue weighted by Crippen LogP contribution is 2.27. The van der Waals surface area contributed by atoms with Crippen molar-refractivity contribution in [3.05, 3.63) is 28.2 Å². The summed E-state index contributed by atoms with van der Waals surface area (Å²) in [5.74, 6) is -4.30. The zero-order chi connectivity index (χ0) is 13.2. The second-order valence-electron chi connectivity index (χ2n) is 3.79. The predicted molar refractivity (Wildman–Crippen MR) is 60.9 cm³/mol. The van der Waals surface area contributed by atoms with Gasteiger partial charge in [0.25, 0.3) is 0 Å². The van der Waals surface area contributed by atoms with E-state index in [-0.39, 0.29) is 10.4 Å². The quantitative estimate of drug-likeness (QED) is 0.869. The number of aliphatic carboxylic acids is 1. The van der Waals surface area contributed by atoms with Crippen LogP contribution in [0, 0.1) is 17.6 Å². The van der Waals surface area contributed by atoms with E-state index in [0.29, 0.717) is 0 Å². The molecule has 1 aromatic carbocycles. The lowest BCUT2D eigenvalue weighted by Gasteiger charge is -2.18. The first-order valence-electron chi connectivity index (χ1n) is 4.87. The van der Waals surface area contributed by atoms with Crippen LogP contribution in [-0.4, -0.2) is 17.2 Å². The van der Waals surface area contributed by atoms with Crippen LogP contribution in [0.5, 0.6) is 5.75 Å². The van der Waals surface area contributed by atoms with Crippen LogP contribution in [0.4, 0.5) is 8.78 Å². The summed E-state index contributed by atoms with van der Waals surface area (Å²) in [5.41, 5.74) is 0. The number of rotatable bonds is 4. The van der Waals surface area contributed by atoms with Gasteiger partial charge >= 0.3 is 5.97 Å². The highest BCUT2D eigenvalue weighted by atomic mass is 79.9. The van der Waals surface area contributed by atoms with E-state index in [1.165, 1.54) is 12.1 Å². The largest absolute Gasteiger partial charge is 0.478 e. The third kappa shape index (κ3) is 3.15. The van der Waals surface area contributed by atoms with Crippen molar-refractivity contribution in [1.82, 2.24) is 0 Å². The summed E-state index contributed by atoms with van der Waals surface area (Å²) in [6.07, 6.45) is -1.22. The molecular formula is C11H11BrF2O3. The minimum atomic E-state index is -1.22. The second-order valence-corrected chi connectivity index (χ2v) is 4.65. The Hall–Kier alpha value is -1.17. The molecule has 0 aliphatic heterocycles. The highest BCUT2D eigenvalue weighted by molar-refractivity contribution is 9.10. The van der Waals surface area contributed by atoms with E-state index in [1.807, 2.05) is 0 Å². The van der Waals surface area contributed by atoms with Gasteiger partial charge in [0.05, 0.1) is 4.47 Å². The molecule has 1 atom stereocenters. The molecule has 0 amide bonds. The van der Waals surface area contributed by atoms with Gasteiger partial charge in [-0.15, -0.1) is 0 Å². The zero-order valence-corrected chi connectivity index (χ0v) is 10.8. The Kier molecular flexibility index (Phi) is 4.45. The molecule has 3 nitrogen and oxygen atoms in total. The lowest BCUT2D eigenvalue weighted by molar-refractivity contribution is -0.147. The third-order valence-electron chi connectivity index (χ3n) is 2.10. The molecule has 1 unspecified atom stereocenters. The first-order valence-corrected chi connectivity index (χ1v) is 5.66. The number of carboxylic acids is 1. The molecule has 0 spiro atoms. The van der Waals surface area contributed by atoms with Gasteiger partial charge in [-0.2, -0.15) is 4.39 Å². The number of carbonyl (C=O) groups is 1. The van der Waals surface area contributed by atoms with E-state index >= 15 is 0 Å². The van der Waals surface area contributed by atoms with Crippen LogP contribution in [0.1, 0.15) is 13.8 Å². The SMILES string of the molecule is CC(C)C(Oc1ccc(Br)c(F)c1F)C(=O)O. The fourth-order valence-corrected chi connectivity index (χ4v) is 1.51. The van der Waals surface area contributed by atoms with Gasteiger partial charge in [-0.3, -0.25) is 0 Å². The Morgan fingerprint density at radius 3 is 2.41 bits per heavy atom. The molecule has 1 N–H and O–H groups in total. The first-order chi connectivity index (χ1) is 7.84. The summed E-state index contributed by atoms with van der Waals surface area (Å²) in [6, 6.07) is 2.44. The van der Waals surface area contributed by atoms with E-state index in [1.54, 1.807) is 13.8 Å². The topological polar surface area (TPSA) is 46.5 Å². The molecule has 0 aliphatic rings. The summed E-state index contributed by atoms with van der Waals surface area (Å²) in [5, 5.41) is 8.87. The third-order valence-corrected chi connectivity index (χ3v) is 2.72. The average molecular weight is 309 g/mol. The van der Waals surface area contributed by atoms with E-state index in [9.17, 15) is 13.6 Å². The van der Waals surface area contributed by atoms with Gasteiger partial charge in [-0.25, -0.2) is 9.18 Å². The lowest BCUT2D eigenvalue weighted by atomic mass is 10.1. The van der Waals surface area contributed by atoms with Crippen molar-refractivity contribution in [1.29, 1.82) is 0 Å². The zero-order valence-electron chi connectivity index (χ0n) is 9.21. The summed E-state index contributed by atoms with van der Waals surface area (Å²) in [6.45, 7) is 3.23. The van der Waals surface area contributed by atoms with E-state index < -0.39 is 29.5 Å². The molecule has 0 aromatic heterocycles. The minimum absolute atomic E-state index is 0.0428. The van der Waals surface area contributed by atoms with Gasteiger partial charge in [-0.1, -0.05) is 13.8 Å². The number of hydrogen-bond acceptors (Lipinski definition) is 2. The summed E-state index contributed by atoms with van der Waals surface area (Å²) >= 11 is 2.82. The van der Waals surface area contributed by atoms with Crippen molar-refractivity contribution in [2.75, 3.05) is 0 Å². The number of carboxylic acid groups (broad SMARTS) is 1. The monoisotopic (exact) mass is 308 g/mol. The van der Waals surface area contributed by atoms with Gasteiger partial charge in [0.2, 0.25) is 5.82 Å². The first kappa shape index (κ1) is 13.9. The molecule has 0 aliphatic carbocycles. The molecule has 0 saturated heterocycles. The lowest BCUT2D eigenvalue weighted by Crippen LogP contribution is -2.32. The van der Waals surface area contributed by atoms with Crippen LogP contribution in [0.3, 0.4) is 0 Å². The smallest absolute Gasteiger partial charge is 0.345 e. The Balaban J connectivity index is 3.02. The van der Waals surface area contributed by atoms with Crippen molar-refractivity contribution in [3.8, 4) is 5.75 Å². The Morgan fingerprint density at radius 1 is 1.35 bits per heavy atom. The second kappa shape index (κ2) is 5.44. The molecular weight excluding hydrogens is 298 g/mol. The van der Waals surface area contributed by atoms with E-state index in [2.05, 4.69) is 15.9 Å². The summed E-state index contributed by atoms with van der Waals surface area (Å²) in [7, 11) is 0. The molecule has 17 heavy (non-hydrogen) atoms. The van der Waals surface area contributed by atoms with Gasteiger partial charge < -0.3 is 9.84 Å². The van der Waals surface area contributed by atoms with Crippen LogP contribution in [-0.2, 0) is 4.79 Å². The maximum atomic E-state index is 13.4. The molecule has 94 valence electrons. The fourth-order valence-electron chi connectivity index (χ4n) is 1.21. The van der Waals surface area contributed by atoms with Crippen molar-refractivity contribution in [2.24, 2.45) is 5.92 Å². The average Bonchev–Trinajstić information content (AvgIpc) is 2.24. The normalized spacial score (nSPS) is 12.6. The fraction of sp³-hybridized carbons (Fsp3) is 0.364. The van der Waals surface area contributed by atoms with Crippen molar-refractivity contribution in [2.45, 2.75) is 20.0 Å². The standard InChI is InChI=1S/C11H11BrF2O3/c1-5(2)10(11(15)16)17-7-4-3-6(12)8(13)9(7)14/h3-5,10H,1-2H3,(H,15,16). The molecule has 0 radical (unpaired) electrons. The van der Waals surface area contributed by atoms with Crippen molar-refractivity contribution >= 4 is 21.9 Å². The molecule has 1 rings (SSSR count). The molecule has 6 heteroatoms. The van der Waals surface area contributed by atoms with Gasteiger partial charge in [0.15, 0.2) is 17.7 Å². The number of hydrogen-bond donors (Lipinski definition) is 1. The number of benzene rings is 1. The maximum Gasteiger partial charge on any atom is 0.345 e. The van der Waals surface area contributed by atoms with Crippen LogP contribution in [0.25, 0.3) is 0 Å². The highest BCUT2D eigenvalue weighted by Gasteiger charge is 2.25. The Morgan fingerprint density at radius 2 is 1.94 bits per heavy atom. The van der Waals surface area contributed by atoms with E-state index in [4.69, 9.17) is 9.84 Å². The van der Waals surface area contributed by atoms with Crippen LogP contribution in [0.15, 0.2) is 16.6 Å². The van der Waals surface area contributed by atoms with Crippen LogP contribution < -0.4 is 4.74 Å². The Labute approximate surface area is 106 Å². The maximum absolute atomic E-state index is 13.4. The van der Waals surface area contributed by atoms with E-state index in [0.717, 1.165) is 0 Å². The number of ether oxygens (including phenoxy) is 1. The van der Waals surface area contributed by atoms with Gasteiger partial charge in [0.1, 0.15) is 0 Å². The molecule has 0 saturated carbocycles. The number of halogens is 3. The molecule has 0 fully saturated rings. The molecule has 0 heterocycles. The van der Waals surface area contributed by atoms with Crippen LogP contribution >= 0.6 is 15.9 Å². The summed E-state index contributed by atoms with van der Waals surface area (Å²) in [4.78, 5) is 10.9. The van der Waals surface area contributed by atoms with Gasteiger partial charge in [0, 0.05) is 5.92 Å². The van der Waals surface area contributed by atoms with Crippen LogP contribution in [0.2, 0.25) is 0 Å². The van der Waals surface area contributed by atoms with Crippen molar-refractivity contribution < 1.29 is 23.4 Å². The predicted octanol–water partition coefficient (Wildman–Crippen LogP) is 3.22. The molecule has 0 bridgehead atoms. The van der Waals surface area contributed by atoms with Gasteiger partial charge in [-0.05, 0) is 28.1 Å². The van der Waals surface area contributed by atoms with Crippen molar-refractivity contribution in [3.63, 3.8) is 0 Å². The molecule has 1 aromatic rings. The Bertz CT molecular complexity index is 435.